The molecule has 0 atom stereocenters. The fourth-order valence-corrected chi connectivity index (χ4v) is 2.40. The van der Waals surface area contributed by atoms with Crippen LogP contribution in [0.5, 0.6) is 5.75 Å². The van der Waals surface area contributed by atoms with Gasteiger partial charge in [0.2, 0.25) is 0 Å². The third-order valence-corrected chi connectivity index (χ3v) is 3.73. The molecule has 0 aliphatic carbocycles. The molecule has 0 aliphatic rings. The smallest absolute Gasteiger partial charge is 0.191 e. The summed E-state index contributed by atoms with van der Waals surface area (Å²) in [7, 11) is 1.70. The van der Waals surface area contributed by atoms with E-state index in [1.807, 2.05) is 19.1 Å². The number of methoxy groups -OCH3 is 1. The first-order valence-corrected chi connectivity index (χ1v) is 8.98. The molecular weight excluding hydrogens is 330 g/mol. The van der Waals surface area contributed by atoms with Gasteiger partial charge in [-0.3, -0.25) is 0 Å². The summed E-state index contributed by atoms with van der Waals surface area (Å²) in [6.07, 6.45) is 2.53. The van der Waals surface area contributed by atoms with Crippen LogP contribution in [0.15, 0.2) is 46.0 Å². The Morgan fingerprint density at radius 3 is 2.81 bits per heavy atom. The Hall–Kier alpha value is -2.47. The van der Waals surface area contributed by atoms with Gasteiger partial charge in [0.05, 0.1) is 26.0 Å². The van der Waals surface area contributed by atoms with Gasteiger partial charge in [0.15, 0.2) is 5.96 Å². The zero-order chi connectivity index (χ0) is 18.6. The lowest BCUT2D eigenvalue weighted by Gasteiger charge is -2.13. The van der Waals surface area contributed by atoms with E-state index in [1.54, 1.807) is 13.4 Å². The monoisotopic (exact) mass is 359 g/mol. The second-order valence-electron chi connectivity index (χ2n) is 5.93. The van der Waals surface area contributed by atoms with Crippen LogP contribution in [0.2, 0.25) is 0 Å². The summed E-state index contributed by atoms with van der Waals surface area (Å²) in [5.74, 6) is 2.50. The molecule has 0 radical (unpaired) electrons. The SMILES string of the molecule is CCNC(=NCc1ccc(C)cc1OCCCOC)NCc1ccco1. The van der Waals surface area contributed by atoms with E-state index in [0.29, 0.717) is 26.3 Å². The highest BCUT2D eigenvalue weighted by Gasteiger charge is 2.06. The maximum Gasteiger partial charge on any atom is 0.191 e. The quantitative estimate of drug-likeness (QED) is 0.387. The topological polar surface area (TPSA) is 68.0 Å². The van der Waals surface area contributed by atoms with Crippen LogP contribution in [0.1, 0.15) is 30.2 Å². The average Bonchev–Trinajstić information content (AvgIpc) is 3.16. The Morgan fingerprint density at radius 2 is 2.08 bits per heavy atom. The number of nitrogens with one attached hydrogen (secondary N) is 2. The Labute approximate surface area is 155 Å². The number of aliphatic imine (C=N–C) groups is 1. The molecular formula is C20H29N3O3. The minimum Gasteiger partial charge on any atom is -0.493 e. The number of aryl methyl sites for hydroxylation is 1. The van der Waals surface area contributed by atoms with Gasteiger partial charge in [-0.15, -0.1) is 0 Å². The average molecular weight is 359 g/mol. The molecule has 0 aliphatic heterocycles. The molecule has 0 amide bonds. The van der Waals surface area contributed by atoms with E-state index in [1.165, 1.54) is 5.56 Å². The van der Waals surface area contributed by atoms with E-state index in [2.05, 4.69) is 40.7 Å². The number of benzene rings is 1. The molecule has 0 spiro atoms. The molecule has 26 heavy (non-hydrogen) atoms. The minimum absolute atomic E-state index is 0.535. The fourth-order valence-electron chi connectivity index (χ4n) is 2.40. The summed E-state index contributed by atoms with van der Waals surface area (Å²) in [6.45, 7) is 7.34. The van der Waals surface area contributed by atoms with Gasteiger partial charge >= 0.3 is 0 Å². The van der Waals surface area contributed by atoms with Crippen molar-refractivity contribution in [2.75, 3.05) is 26.9 Å². The first-order chi connectivity index (χ1) is 12.7. The van der Waals surface area contributed by atoms with Crippen molar-refractivity contribution in [3.63, 3.8) is 0 Å². The minimum atomic E-state index is 0.535. The molecule has 1 aromatic carbocycles. The van der Waals surface area contributed by atoms with Gasteiger partial charge in [0, 0.05) is 32.2 Å². The van der Waals surface area contributed by atoms with Gasteiger partial charge < -0.3 is 24.5 Å². The number of guanidine groups is 1. The van der Waals surface area contributed by atoms with E-state index in [4.69, 9.17) is 13.9 Å². The van der Waals surface area contributed by atoms with Crippen molar-refractivity contribution in [3.8, 4) is 5.75 Å². The number of furan rings is 1. The zero-order valence-electron chi connectivity index (χ0n) is 15.9. The highest BCUT2D eigenvalue weighted by atomic mass is 16.5. The maximum atomic E-state index is 5.93. The summed E-state index contributed by atoms with van der Waals surface area (Å²) in [6, 6.07) is 10.0. The molecule has 6 nitrogen and oxygen atoms in total. The third-order valence-electron chi connectivity index (χ3n) is 3.73. The summed E-state index contributed by atoms with van der Waals surface area (Å²) in [4.78, 5) is 4.67. The van der Waals surface area contributed by atoms with Crippen molar-refractivity contribution in [2.45, 2.75) is 33.4 Å². The molecule has 0 fully saturated rings. The summed E-state index contributed by atoms with van der Waals surface area (Å²) in [5, 5.41) is 6.52. The van der Waals surface area contributed by atoms with E-state index in [-0.39, 0.29) is 0 Å². The van der Waals surface area contributed by atoms with Crippen molar-refractivity contribution in [1.29, 1.82) is 0 Å². The van der Waals surface area contributed by atoms with Crippen LogP contribution in [-0.4, -0.2) is 32.8 Å². The maximum absolute atomic E-state index is 5.93. The Morgan fingerprint density at radius 1 is 1.19 bits per heavy atom. The number of rotatable bonds is 10. The molecule has 6 heteroatoms. The second kappa shape index (κ2) is 11.2. The highest BCUT2D eigenvalue weighted by molar-refractivity contribution is 5.79. The van der Waals surface area contributed by atoms with Crippen LogP contribution in [0.4, 0.5) is 0 Å². The molecule has 142 valence electrons. The lowest BCUT2D eigenvalue weighted by atomic mass is 10.1. The summed E-state index contributed by atoms with van der Waals surface area (Å²) >= 11 is 0. The predicted octanol–water partition coefficient (Wildman–Crippen LogP) is 3.26. The third kappa shape index (κ3) is 6.80. The van der Waals surface area contributed by atoms with Gasteiger partial charge in [-0.2, -0.15) is 0 Å². The number of ether oxygens (including phenoxy) is 2. The molecule has 0 unspecified atom stereocenters. The van der Waals surface area contributed by atoms with Crippen LogP contribution in [0.3, 0.4) is 0 Å². The lowest BCUT2D eigenvalue weighted by molar-refractivity contribution is 0.172. The second-order valence-corrected chi connectivity index (χ2v) is 5.93. The zero-order valence-corrected chi connectivity index (χ0v) is 15.9. The van der Waals surface area contributed by atoms with Crippen LogP contribution >= 0.6 is 0 Å². The molecule has 2 aromatic rings. The molecule has 0 bridgehead atoms. The van der Waals surface area contributed by atoms with E-state index >= 15 is 0 Å². The standard InChI is InChI=1S/C20H29N3O3/c1-4-21-20(23-15-18-7-5-11-25-18)22-14-17-9-8-16(2)13-19(17)26-12-6-10-24-3/h5,7-9,11,13H,4,6,10,12,14-15H2,1-3H3,(H2,21,22,23). The normalized spacial score (nSPS) is 11.4. The first kappa shape index (κ1) is 19.8. The van der Waals surface area contributed by atoms with Crippen LogP contribution in [-0.2, 0) is 17.8 Å². The van der Waals surface area contributed by atoms with Gasteiger partial charge in [0.25, 0.3) is 0 Å². The molecule has 0 saturated heterocycles. The van der Waals surface area contributed by atoms with Gasteiger partial charge in [-0.05, 0) is 37.6 Å². The van der Waals surface area contributed by atoms with E-state index in [9.17, 15) is 0 Å². The van der Waals surface area contributed by atoms with Crippen LogP contribution in [0.25, 0.3) is 0 Å². The fraction of sp³-hybridized carbons (Fsp3) is 0.450. The van der Waals surface area contributed by atoms with Crippen LogP contribution in [0, 0.1) is 6.92 Å². The van der Waals surface area contributed by atoms with E-state index < -0.39 is 0 Å². The Bertz CT molecular complexity index is 669. The van der Waals surface area contributed by atoms with Gasteiger partial charge in [0.1, 0.15) is 11.5 Å². The summed E-state index contributed by atoms with van der Waals surface area (Å²) < 4.78 is 16.3. The predicted molar refractivity (Wildman–Crippen MR) is 104 cm³/mol. The van der Waals surface area contributed by atoms with Crippen molar-refractivity contribution in [2.24, 2.45) is 4.99 Å². The lowest BCUT2D eigenvalue weighted by Crippen LogP contribution is -2.36. The number of hydrogen-bond donors (Lipinski definition) is 2. The molecule has 0 saturated carbocycles. The van der Waals surface area contributed by atoms with Crippen molar-refractivity contribution in [1.82, 2.24) is 10.6 Å². The molecule has 2 N–H and O–H groups in total. The Balaban J connectivity index is 1.99. The molecule has 1 aromatic heterocycles. The first-order valence-electron chi connectivity index (χ1n) is 8.98. The van der Waals surface area contributed by atoms with E-state index in [0.717, 1.165) is 36.0 Å². The molecule has 1 heterocycles. The van der Waals surface area contributed by atoms with Crippen molar-refractivity contribution >= 4 is 5.96 Å². The van der Waals surface area contributed by atoms with Gasteiger partial charge in [-0.25, -0.2) is 4.99 Å². The number of nitrogens with zero attached hydrogens (tertiary/aromatic N) is 1. The van der Waals surface area contributed by atoms with Crippen LogP contribution < -0.4 is 15.4 Å². The molecule has 2 rings (SSSR count). The summed E-state index contributed by atoms with van der Waals surface area (Å²) in [5.41, 5.74) is 2.23. The van der Waals surface area contributed by atoms with Crippen molar-refractivity contribution in [3.05, 3.63) is 53.5 Å². The van der Waals surface area contributed by atoms with Gasteiger partial charge in [-0.1, -0.05) is 12.1 Å². The largest absolute Gasteiger partial charge is 0.493 e. The number of hydrogen-bond acceptors (Lipinski definition) is 4. The Kier molecular flexibility index (Phi) is 8.55. The van der Waals surface area contributed by atoms with Crippen molar-refractivity contribution < 1.29 is 13.9 Å². The highest BCUT2D eigenvalue weighted by Crippen LogP contribution is 2.21.